The van der Waals surface area contributed by atoms with Gasteiger partial charge in [0.15, 0.2) is 9.74 Å². The number of amides is 3. The van der Waals surface area contributed by atoms with E-state index in [9.17, 15) is 24.6 Å². The molecule has 0 radical (unpaired) electrons. The van der Waals surface area contributed by atoms with Crippen LogP contribution in [-0.4, -0.2) is 108 Å². The lowest BCUT2D eigenvalue weighted by atomic mass is 9.94. The summed E-state index contributed by atoms with van der Waals surface area (Å²) in [4.78, 5) is 42.4. The molecule has 2 N–H and O–H groups in total. The summed E-state index contributed by atoms with van der Waals surface area (Å²) < 4.78 is 0. The first kappa shape index (κ1) is 36.5. The molecule has 2 aromatic carbocycles. The number of nitrogens with zero attached hydrogens (tertiary/aromatic N) is 4. The van der Waals surface area contributed by atoms with Gasteiger partial charge < -0.3 is 29.8 Å². The summed E-state index contributed by atoms with van der Waals surface area (Å²) in [5, 5.41) is 20.0. The lowest BCUT2D eigenvalue weighted by molar-refractivity contribution is -0.165. The maximum atomic E-state index is 13.4. The molecule has 264 valence electrons. The first-order chi connectivity index (χ1) is 23.4. The summed E-state index contributed by atoms with van der Waals surface area (Å²) in [6.07, 6.45) is 8.99. The molecule has 13 heteroatoms. The minimum absolute atomic E-state index is 0.0729. The van der Waals surface area contributed by atoms with Crippen LogP contribution in [0.1, 0.15) is 54.4 Å². The average molecular weight is 743 g/mol. The Balaban J connectivity index is 0.915. The molecule has 3 amide bonds. The number of rotatable bonds is 14. The Kier molecular flexibility index (Phi) is 10.4. The van der Waals surface area contributed by atoms with Crippen molar-refractivity contribution in [3.63, 3.8) is 0 Å². The minimum atomic E-state index is -1.23. The third-order valence-corrected chi connectivity index (χ3v) is 18.3. The van der Waals surface area contributed by atoms with Gasteiger partial charge in [0.25, 0.3) is 17.7 Å². The van der Waals surface area contributed by atoms with Gasteiger partial charge in [0, 0.05) is 46.7 Å². The Labute approximate surface area is 305 Å². The summed E-state index contributed by atoms with van der Waals surface area (Å²) in [5.74, 6) is -0.439. The van der Waals surface area contributed by atoms with Gasteiger partial charge >= 0.3 is 0 Å². The van der Waals surface area contributed by atoms with Gasteiger partial charge in [-0.05, 0) is 58.7 Å². The molecule has 6 heterocycles. The quantitative estimate of drug-likeness (QED) is 0.205. The Hall–Kier alpha value is -2.29. The van der Waals surface area contributed by atoms with Gasteiger partial charge in [-0.25, -0.2) is 0 Å². The number of aryl methyl sites for hydroxylation is 2. The molecule has 6 fully saturated rings. The number of likely N-dealkylation sites (N-methyl/N-ethyl adjacent to an activating group) is 4. The predicted octanol–water partition coefficient (Wildman–Crippen LogP) is 4.92. The topological polar surface area (TPSA) is 105 Å². The largest absolute Gasteiger partial charge is 0.392 e. The molecule has 2 aromatic rings. The van der Waals surface area contributed by atoms with Gasteiger partial charge in [-0.15, -0.1) is 0 Å². The smallest absolute Gasteiger partial charge is 0.263 e. The Morgan fingerprint density at radius 1 is 0.510 bits per heavy atom. The summed E-state index contributed by atoms with van der Waals surface area (Å²) >= 11 is 0. The fraction of sp³-hybridized carbons (Fsp3) is 0.528. The van der Waals surface area contributed by atoms with E-state index < -0.39 is 26.1 Å². The van der Waals surface area contributed by atoms with Crippen LogP contribution in [0.4, 0.5) is 0 Å². The van der Waals surface area contributed by atoms with Crippen molar-refractivity contribution in [2.24, 2.45) is 0 Å². The molecule has 0 saturated carbocycles. The van der Waals surface area contributed by atoms with Gasteiger partial charge in [-0.1, -0.05) is 107 Å². The second-order valence-corrected chi connectivity index (χ2v) is 19.0. The number of hydrogen-bond acceptors (Lipinski definition) is 10. The number of benzene rings is 2. The third-order valence-electron chi connectivity index (χ3n) is 10.9. The molecule has 0 aliphatic carbocycles. The van der Waals surface area contributed by atoms with Crippen LogP contribution in [0.25, 0.3) is 0 Å². The van der Waals surface area contributed by atoms with Crippen LogP contribution < -0.4 is 0 Å². The summed E-state index contributed by atoms with van der Waals surface area (Å²) in [6.45, 7) is 3.68. The summed E-state index contributed by atoms with van der Waals surface area (Å²) in [5.41, 5.74) is 5.63. The fourth-order valence-electron chi connectivity index (χ4n) is 7.30. The molecule has 0 unspecified atom stereocenters. The Bertz CT molecular complexity index is 1490. The van der Waals surface area contributed by atoms with E-state index >= 15 is 0 Å². The fourth-order valence-corrected chi connectivity index (χ4v) is 14.7. The molecule has 0 spiro atoms. The number of piperazine rings is 2. The van der Waals surface area contributed by atoms with Crippen molar-refractivity contribution in [1.82, 2.24) is 19.6 Å². The SMILES string of the molecule is C=C1N(C)[C@@]2(CO)SS[C@]1(Cc1ccc(CCCCCCCc3ccc(C[C@@]45SS[C@@](CO)(C(=O)N4C)N(C)C5=O)cc3)cc1)N(C)C2=O. The number of fused-ring (bicyclic) bond motifs is 6. The lowest BCUT2D eigenvalue weighted by Gasteiger charge is -2.61. The van der Waals surface area contributed by atoms with E-state index in [0.717, 1.165) is 42.5 Å². The minimum Gasteiger partial charge on any atom is -0.392 e. The van der Waals surface area contributed by atoms with Crippen LogP contribution >= 0.6 is 43.2 Å². The second-order valence-electron chi connectivity index (χ2n) is 13.6. The van der Waals surface area contributed by atoms with Crippen molar-refractivity contribution in [1.29, 1.82) is 0 Å². The zero-order valence-corrected chi connectivity index (χ0v) is 31.9. The monoisotopic (exact) mass is 742 g/mol. The van der Waals surface area contributed by atoms with E-state index in [1.165, 1.54) is 72.6 Å². The number of unbranched alkanes of at least 4 members (excludes halogenated alkanes) is 4. The highest BCUT2D eigenvalue weighted by Gasteiger charge is 2.67. The third kappa shape index (κ3) is 5.90. The van der Waals surface area contributed by atoms with Crippen LogP contribution in [0, 0.1) is 0 Å². The molecule has 49 heavy (non-hydrogen) atoms. The van der Waals surface area contributed by atoms with Gasteiger partial charge in [0.05, 0.1) is 13.2 Å². The highest BCUT2D eigenvalue weighted by molar-refractivity contribution is 8.78. The summed E-state index contributed by atoms with van der Waals surface area (Å²) in [7, 11) is 12.7. The Morgan fingerprint density at radius 3 is 1.33 bits per heavy atom. The molecule has 6 aliphatic rings. The van der Waals surface area contributed by atoms with Crippen LogP contribution in [0.5, 0.6) is 0 Å². The molecule has 6 aliphatic heterocycles. The first-order valence-corrected chi connectivity index (χ1v) is 21.1. The van der Waals surface area contributed by atoms with E-state index in [-0.39, 0.29) is 24.3 Å². The van der Waals surface area contributed by atoms with E-state index in [1.54, 1.807) is 29.8 Å². The number of hydrogen-bond donors (Lipinski definition) is 2. The van der Waals surface area contributed by atoms with E-state index in [2.05, 4.69) is 55.1 Å². The molecular weight excluding hydrogens is 697 g/mol. The van der Waals surface area contributed by atoms with Crippen LogP contribution in [0.3, 0.4) is 0 Å². The van der Waals surface area contributed by atoms with Crippen LogP contribution in [0.15, 0.2) is 60.8 Å². The van der Waals surface area contributed by atoms with E-state index in [4.69, 9.17) is 0 Å². The zero-order valence-electron chi connectivity index (χ0n) is 28.6. The standard InChI is InChI=1S/C36H46N4O5S4/c1-25-33(38(3)31(44)35(23-41,37(25)2)48-46-33)21-28-17-13-26(14-18-28)11-9-7-6-8-10-12-27-15-19-29(20-16-27)22-34-30(43)40(5)36(24-42,49-47-34)32(45)39(34)4/h13-20,41-42H,1,6-12,21-24H2,2-5H3/t33-,34-,35-,36-/m0/s1. The average Bonchev–Trinajstić information content (AvgIpc) is 3.11. The number of carbonyl (C=O) groups excluding carboxylic acids is 3. The lowest BCUT2D eigenvalue weighted by Crippen LogP contribution is -2.77. The van der Waals surface area contributed by atoms with Gasteiger partial charge in [-0.2, -0.15) is 0 Å². The maximum Gasteiger partial charge on any atom is 0.263 e. The highest BCUT2D eigenvalue weighted by Crippen LogP contribution is 2.62. The van der Waals surface area contributed by atoms with Crippen molar-refractivity contribution in [2.75, 3.05) is 41.4 Å². The van der Waals surface area contributed by atoms with Crippen molar-refractivity contribution in [3.05, 3.63) is 83.1 Å². The van der Waals surface area contributed by atoms with Crippen molar-refractivity contribution >= 4 is 60.9 Å². The van der Waals surface area contributed by atoms with Crippen molar-refractivity contribution < 1.29 is 24.6 Å². The Morgan fingerprint density at radius 2 is 0.837 bits per heavy atom. The number of carbonyl (C=O) groups is 3. The van der Waals surface area contributed by atoms with E-state index in [1.807, 2.05) is 19.0 Å². The highest BCUT2D eigenvalue weighted by atomic mass is 33.1. The van der Waals surface area contributed by atoms with E-state index in [0.29, 0.717) is 12.8 Å². The second kappa shape index (κ2) is 14.0. The molecule has 0 aromatic heterocycles. The molecular formula is C36H46N4O5S4. The summed E-state index contributed by atoms with van der Waals surface area (Å²) in [6, 6.07) is 17.2. The molecule has 8 rings (SSSR count). The van der Waals surface area contributed by atoms with Gasteiger partial charge in [-0.3, -0.25) is 14.4 Å². The molecule has 6 saturated heterocycles. The molecule has 4 atom stereocenters. The van der Waals surface area contributed by atoms with Crippen molar-refractivity contribution in [3.8, 4) is 0 Å². The first-order valence-electron chi connectivity index (χ1n) is 16.8. The van der Waals surface area contributed by atoms with Gasteiger partial charge in [0.2, 0.25) is 4.87 Å². The van der Waals surface area contributed by atoms with Crippen LogP contribution in [0.2, 0.25) is 0 Å². The van der Waals surface area contributed by atoms with Crippen LogP contribution in [-0.2, 0) is 40.1 Å². The van der Waals surface area contributed by atoms with Gasteiger partial charge in [0.1, 0.15) is 4.87 Å². The van der Waals surface area contributed by atoms with Crippen molar-refractivity contribution in [2.45, 2.75) is 77.3 Å². The maximum absolute atomic E-state index is 13.4. The molecule has 4 bridgehead atoms. The number of aliphatic hydroxyl groups is 2. The zero-order chi connectivity index (χ0) is 35.2. The molecule has 9 nitrogen and oxygen atoms in total. The number of aliphatic hydroxyl groups excluding tert-OH is 2. The predicted molar refractivity (Wildman–Crippen MR) is 201 cm³/mol. The normalized spacial score (nSPS) is 29.5.